The summed E-state index contributed by atoms with van der Waals surface area (Å²) in [4.78, 5) is 27.0. The van der Waals surface area contributed by atoms with Crippen molar-refractivity contribution in [2.45, 2.75) is 13.8 Å². The molecule has 0 bridgehead atoms. The highest BCUT2D eigenvalue weighted by molar-refractivity contribution is 6.29. The van der Waals surface area contributed by atoms with Gasteiger partial charge in [0.2, 0.25) is 0 Å². The maximum absolute atomic E-state index is 13.5. The standard InChI is InChI=1S/C29H28N4O4/c1-19-22(20(2)33(32-19)21-12-6-5-7-13-21)18-23(28(34)30-24-14-8-10-16-26(24)36-3)29(35)31-25-15-9-11-17-27(25)37-4/h5-18H,1-4H3,(H,30,34)(H,31,35). The number of methoxy groups -OCH3 is 2. The number of nitrogens with one attached hydrogen (secondary N) is 2. The molecule has 37 heavy (non-hydrogen) atoms. The Bertz CT molecular complexity index is 1390. The molecule has 3 aromatic carbocycles. The lowest BCUT2D eigenvalue weighted by molar-refractivity contribution is -0.118. The second kappa shape index (κ2) is 11.3. The number of anilines is 2. The summed E-state index contributed by atoms with van der Waals surface area (Å²) in [6.07, 6.45) is 1.56. The molecule has 2 amide bonds. The summed E-state index contributed by atoms with van der Waals surface area (Å²) in [5, 5.41) is 10.2. The van der Waals surface area contributed by atoms with Crippen molar-refractivity contribution in [2.24, 2.45) is 0 Å². The van der Waals surface area contributed by atoms with Gasteiger partial charge in [0.1, 0.15) is 17.1 Å². The van der Waals surface area contributed by atoms with Crippen molar-refractivity contribution in [3.8, 4) is 17.2 Å². The maximum Gasteiger partial charge on any atom is 0.261 e. The fourth-order valence-corrected chi connectivity index (χ4v) is 3.94. The van der Waals surface area contributed by atoms with E-state index in [1.54, 1.807) is 59.3 Å². The minimum atomic E-state index is -0.594. The van der Waals surface area contributed by atoms with Crippen molar-refractivity contribution < 1.29 is 19.1 Å². The van der Waals surface area contributed by atoms with Gasteiger partial charge < -0.3 is 20.1 Å². The molecule has 188 valence electrons. The van der Waals surface area contributed by atoms with Crippen molar-refractivity contribution in [3.63, 3.8) is 0 Å². The van der Waals surface area contributed by atoms with E-state index in [4.69, 9.17) is 9.47 Å². The molecular formula is C29H28N4O4. The predicted octanol–water partition coefficient (Wildman–Crippen LogP) is 5.17. The molecule has 4 rings (SSSR count). The Labute approximate surface area is 215 Å². The molecule has 8 heteroatoms. The molecule has 0 radical (unpaired) electrons. The van der Waals surface area contributed by atoms with Gasteiger partial charge >= 0.3 is 0 Å². The minimum absolute atomic E-state index is 0.101. The molecule has 0 unspecified atom stereocenters. The zero-order chi connectivity index (χ0) is 26.4. The fraction of sp³-hybridized carbons (Fsp3) is 0.138. The average Bonchev–Trinajstić information content (AvgIpc) is 3.20. The number of para-hydroxylation sites is 5. The molecule has 0 aliphatic heterocycles. The molecule has 0 spiro atoms. The molecule has 0 atom stereocenters. The van der Waals surface area contributed by atoms with Crippen molar-refractivity contribution in [1.29, 1.82) is 0 Å². The van der Waals surface area contributed by atoms with E-state index in [-0.39, 0.29) is 5.57 Å². The molecule has 0 aliphatic carbocycles. The van der Waals surface area contributed by atoms with Crippen LogP contribution in [-0.4, -0.2) is 35.8 Å². The summed E-state index contributed by atoms with van der Waals surface area (Å²) in [5.41, 5.74) is 3.80. The van der Waals surface area contributed by atoms with Crippen LogP contribution in [0.5, 0.6) is 11.5 Å². The first-order chi connectivity index (χ1) is 17.9. The Morgan fingerprint density at radius 1 is 0.757 bits per heavy atom. The Morgan fingerprint density at radius 2 is 1.24 bits per heavy atom. The number of amides is 2. The van der Waals surface area contributed by atoms with E-state index in [9.17, 15) is 9.59 Å². The molecule has 1 aromatic heterocycles. The monoisotopic (exact) mass is 496 g/mol. The van der Waals surface area contributed by atoms with Crippen LogP contribution in [0.3, 0.4) is 0 Å². The molecule has 0 aliphatic rings. The van der Waals surface area contributed by atoms with Crippen molar-refractivity contribution in [1.82, 2.24) is 9.78 Å². The average molecular weight is 497 g/mol. The van der Waals surface area contributed by atoms with Gasteiger partial charge in [-0.1, -0.05) is 42.5 Å². The van der Waals surface area contributed by atoms with Crippen LogP contribution in [0.15, 0.2) is 84.4 Å². The molecule has 8 nitrogen and oxygen atoms in total. The van der Waals surface area contributed by atoms with Crippen molar-refractivity contribution >= 4 is 29.3 Å². The molecule has 2 N–H and O–H groups in total. The SMILES string of the molecule is COc1ccccc1NC(=O)C(=Cc1c(C)nn(-c2ccccc2)c1C)C(=O)Nc1ccccc1OC. The van der Waals surface area contributed by atoms with E-state index in [1.807, 2.05) is 44.2 Å². The van der Waals surface area contributed by atoms with E-state index < -0.39 is 11.8 Å². The highest BCUT2D eigenvalue weighted by Gasteiger charge is 2.23. The quantitative estimate of drug-likeness (QED) is 0.199. The second-order valence-corrected chi connectivity index (χ2v) is 8.20. The molecule has 0 saturated heterocycles. The molecule has 0 saturated carbocycles. The van der Waals surface area contributed by atoms with Crippen LogP contribution in [0.4, 0.5) is 11.4 Å². The zero-order valence-electron chi connectivity index (χ0n) is 21.1. The summed E-state index contributed by atoms with van der Waals surface area (Å²) in [6.45, 7) is 3.73. The van der Waals surface area contributed by atoms with Crippen LogP contribution in [-0.2, 0) is 9.59 Å². The van der Waals surface area contributed by atoms with Crippen molar-refractivity contribution in [3.05, 3.63) is 101 Å². The third-order valence-electron chi connectivity index (χ3n) is 5.84. The number of rotatable bonds is 8. The first-order valence-corrected chi connectivity index (χ1v) is 11.6. The van der Waals surface area contributed by atoms with Gasteiger partial charge in [-0.3, -0.25) is 9.59 Å². The van der Waals surface area contributed by atoms with E-state index in [0.717, 1.165) is 11.4 Å². The normalized spacial score (nSPS) is 10.4. The number of carbonyl (C=O) groups is 2. The van der Waals surface area contributed by atoms with Crippen LogP contribution in [0.1, 0.15) is 17.0 Å². The number of ether oxygens (including phenoxy) is 2. The lowest BCUT2D eigenvalue weighted by atomic mass is 10.1. The van der Waals surface area contributed by atoms with Crippen LogP contribution >= 0.6 is 0 Å². The predicted molar refractivity (Wildman–Crippen MR) is 144 cm³/mol. The Hall–Kier alpha value is -4.85. The third kappa shape index (κ3) is 5.54. The highest BCUT2D eigenvalue weighted by atomic mass is 16.5. The van der Waals surface area contributed by atoms with Crippen LogP contribution in [0.25, 0.3) is 11.8 Å². The zero-order valence-corrected chi connectivity index (χ0v) is 21.1. The summed E-state index contributed by atoms with van der Waals surface area (Å²) in [7, 11) is 3.03. The summed E-state index contributed by atoms with van der Waals surface area (Å²) in [5.74, 6) is -0.236. The number of carbonyl (C=O) groups excluding carboxylic acids is 2. The number of aryl methyl sites for hydroxylation is 1. The van der Waals surface area contributed by atoms with Crippen molar-refractivity contribution in [2.75, 3.05) is 24.9 Å². The van der Waals surface area contributed by atoms with Gasteiger partial charge in [-0.2, -0.15) is 5.10 Å². The number of hydrogen-bond donors (Lipinski definition) is 2. The van der Waals surface area contributed by atoms with Gasteiger partial charge in [0, 0.05) is 11.3 Å². The van der Waals surface area contributed by atoms with Crippen LogP contribution in [0.2, 0.25) is 0 Å². The van der Waals surface area contributed by atoms with E-state index in [2.05, 4.69) is 15.7 Å². The lowest BCUT2D eigenvalue weighted by Gasteiger charge is -2.14. The smallest absolute Gasteiger partial charge is 0.261 e. The molecule has 1 heterocycles. The number of hydrogen-bond acceptors (Lipinski definition) is 5. The van der Waals surface area contributed by atoms with Gasteiger partial charge in [-0.05, 0) is 56.3 Å². The van der Waals surface area contributed by atoms with E-state index in [0.29, 0.717) is 34.1 Å². The first-order valence-electron chi connectivity index (χ1n) is 11.6. The molecular weight excluding hydrogens is 468 g/mol. The molecule has 4 aromatic rings. The van der Waals surface area contributed by atoms with Gasteiger partial charge in [-0.15, -0.1) is 0 Å². The summed E-state index contributed by atoms with van der Waals surface area (Å²) in [6, 6.07) is 23.7. The van der Waals surface area contributed by atoms with E-state index in [1.165, 1.54) is 14.2 Å². The van der Waals surface area contributed by atoms with Gasteiger partial charge in [0.25, 0.3) is 11.8 Å². The topological polar surface area (TPSA) is 94.5 Å². The number of benzene rings is 3. The van der Waals surface area contributed by atoms with E-state index >= 15 is 0 Å². The van der Waals surface area contributed by atoms with Crippen LogP contribution < -0.4 is 20.1 Å². The minimum Gasteiger partial charge on any atom is -0.495 e. The lowest BCUT2D eigenvalue weighted by Crippen LogP contribution is -2.25. The summed E-state index contributed by atoms with van der Waals surface area (Å²) >= 11 is 0. The van der Waals surface area contributed by atoms with Gasteiger partial charge in [0.15, 0.2) is 0 Å². The molecule has 0 fully saturated rings. The maximum atomic E-state index is 13.5. The summed E-state index contributed by atoms with van der Waals surface area (Å²) < 4.78 is 12.5. The Kier molecular flexibility index (Phi) is 7.68. The third-order valence-corrected chi connectivity index (χ3v) is 5.84. The van der Waals surface area contributed by atoms with Crippen LogP contribution in [0, 0.1) is 13.8 Å². The largest absolute Gasteiger partial charge is 0.495 e. The van der Waals surface area contributed by atoms with Gasteiger partial charge in [0.05, 0.1) is 37.0 Å². The number of aromatic nitrogens is 2. The Morgan fingerprint density at radius 3 is 1.76 bits per heavy atom. The number of nitrogens with zero attached hydrogens (tertiary/aromatic N) is 2. The first kappa shape index (κ1) is 25.2. The second-order valence-electron chi connectivity index (χ2n) is 8.20. The fourth-order valence-electron chi connectivity index (χ4n) is 3.94. The van der Waals surface area contributed by atoms with Gasteiger partial charge in [-0.25, -0.2) is 4.68 Å². The Balaban J connectivity index is 1.77. The highest BCUT2D eigenvalue weighted by Crippen LogP contribution is 2.27.